The van der Waals surface area contributed by atoms with Gasteiger partial charge >= 0.3 is 0 Å². The highest BCUT2D eigenvalue weighted by Crippen LogP contribution is 2.46. The maximum atomic E-state index is 6.70. The average Bonchev–Trinajstić information content (AvgIpc) is 1.59. The fourth-order valence-corrected chi connectivity index (χ4v) is 18.9. The van der Waals surface area contributed by atoms with Crippen molar-refractivity contribution in [2.24, 2.45) is 0 Å². The zero-order valence-corrected chi connectivity index (χ0v) is 59.3. The Morgan fingerprint density at radius 2 is 0.575 bits per heavy atom. The molecule has 0 atom stereocenters. The lowest BCUT2D eigenvalue weighted by molar-refractivity contribution is 0.669. The van der Waals surface area contributed by atoms with Crippen LogP contribution >= 0.6 is 45.3 Å². The number of aromatic nitrogens is 8. The molecule has 8 aromatic heterocycles. The third kappa shape index (κ3) is 10.7. The van der Waals surface area contributed by atoms with E-state index in [1.807, 2.05) is 97.1 Å². The molecular weight excluding hydrogens is 1380 g/mol. The summed E-state index contributed by atoms with van der Waals surface area (Å²) in [5, 5.41) is 11.0. The van der Waals surface area contributed by atoms with Crippen LogP contribution < -0.4 is 0 Å². The molecule has 0 saturated carbocycles. The molecule has 0 N–H and O–H groups in total. The molecule has 0 amide bonds. The third-order valence-electron chi connectivity index (χ3n) is 19.6. The Bertz CT molecular complexity index is 7160. The van der Waals surface area contributed by atoms with E-state index in [9.17, 15) is 0 Å². The summed E-state index contributed by atoms with van der Waals surface area (Å²) in [6.45, 7) is 0. The molecule has 0 radical (unpaired) electrons. The molecule has 106 heavy (non-hydrogen) atoms. The minimum absolute atomic E-state index is 0.601. The molecule has 0 spiro atoms. The van der Waals surface area contributed by atoms with Gasteiger partial charge in [-0.3, -0.25) is 0 Å². The van der Waals surface area contributed by atoms with Gasteiger partial charge in [0.1, 0.15) is 32.3 Å². The number of fused-ring (bicyclic) bond motifs is 14. The summed E-state index contributed by atoms with van der Waals surface area (Å²) >= 11 is 6.99. The number of thiophene rings is 2. The van der Waals surface area contributed by atoms with Crippen LogP contribution in [-0.2, 0) is 0 Å². The molecule has 8 heterocycles. The molecule has 10 nitrogen and oxygen atoms in total. The van der Waals surface area contributed by atoms with Crippen LogP contribution in [0.25, 0.3) is 216 Å². The molecule has 0 aliphatic carbocycles. The van der Waals surface area contributed by atoms with Gasteiger partial charge in [-0.15, -0.1) is 45.3 Å². The van der Waals surface area contributed by atoms with E-state index in [2.05, 4.69) is 218 Å². The van der Waals surface area contributed by atoms with Gasteiger partial charge in [0.25, 0.3) is 0 Å². The first-order valence-corrected chi connectivity index (χ1v) is 38.0. The number of hydrogen-bond donors (Lipinski definition) is 0. The molecule has 14 aromatic carbocycles. The molecule has 0 fully saturated rings. The quantitative estimate of drug-likeness (QED) is 0.130. The van der Waals surface area contributed by atoms with Gasteiger partial charge in [0.2, 0.25) is 0 Å². The first-order valence-electron chi connectivity index (χ1n) is 34.8. The first-order chi connectivity index (χ1) is 52.5. The predicted octanol–water partition coefficient (Wildman–Crippen LogP) is 26.2. The second kappa shape index (κ2) is 25.4. The molecule has 22 aromatic rings. The lowest BCUT2D eigenvalue weighted by Gasteiger charge is -2.10. The van der Waals surface area contributed by atoms with E-state index in [4.69, 9.17) is 48.7 Å². The highest BCUT2D eigenvalue weighted by molar-refractivity contribution is 7.26. The fraction of sp³-hybridized carbons (Fsp3) is 0. The molecule has 0 unspecified atom stereocenters. The van der Waals surface area contributed by atoms with Crippen molar-refractivity contribution < 1.29 is 8.83 Å². The minimum atomic E-state index is 0.601. The number of furan rings is 2. The maximum Gasteiger partial charge on any atom is 0.165 e. The second-order valence-corrected chi connectivity index (χ2v) is 30.2. The van der Waals surface area contributed by atoms with Crippen LogP contribution in [0, 0.1) is 0 Å². The summed E-state index contributed by atoms with van der Waals surface area (Å²) in [6.07, 6.45) is 0. The molecular formula is C92H52N8O2S4. The largest absolute Gasteiger partial charge is 0.455 e. The summed E-state index contributed by atoms with van der Waals surface area (Å²) in [5.41, 5.74) is 17.3. The zero-order chi connectivity index (χ0) is 69.8. The lowest BCUT2D eigenvalue weighted by Crippen LogP contribution is -2.00. The first kappa shape index (κ1) is 61.6. The van der Waals surface area contributed by atoms with E-state index in [-0.39, 0.29) is 0 Å². The van der Waals surface area contributed by atoms with Crippen molar-refractivity contribution in [3.05, 3.63) is 315 Å². The van der Waals surface area contributed by atoms with Crippen LogP contribution in [0.3, 0.4) is 0 Å². The van der Waals surface area contributed by atoms with Crippen molar-refractivity contribution in [2.75, 3.05) is 0 Å². The summed E-state index contributed by atoms with van der Waals surface area (Å²) < 4.78 is 20.6. The number of benzene rings is 14. The smallest absolute Gasteiger partial charge is 0.165 e. The summed E-state index contributed by atoms with van der Waals surface area (Å²) in [5.74, 6) is 3.73. The minimum Gasteiger partial charge on any atom is -0.455 e. The highest BCUT2D eigenvalue weighted by atomic mass is 32.1. The Morgan fingerprint density at radius 1 is 0.208 bits per heavy atom. The number of nitrogens with zero attached hydrogens (tertiary/aromatic N) is 8. The van der Waals surface area contributed by atoms with Gasteiger partial charge in [-0.1, -0.05) is 255 Å². The van der Waals surface area contributed by atoms with Gasteiger partial charge in [-0.25, -0.2) is 39.9 Å². The monoisotopic (exact) mass is 1430 g/mol. The summed E-state index contributed by atoms with van der Waals surface area (Å²) in [7, 11) is 0. The molecule has 0 bridgehead atoms. The highest BCUT2D eigenvalue weighted by Gasteiger charge is 2.24. The van der Waals surface area contributed by atoms with E-state index >= 15 is 0 Å². The number of para-hydroxylation sites is 4. The van der Waals surface area contributed by atoms with E-state index in [1.54, 1.807) is 45.3 Å². The van der Waals surface area contributed by atoms with Crippen LogP contribution in [-0.4, -0.2) is 39.9 Å². The Hall–Kier alpha value is -13.1. The van der Waals surface area contributed by atoms with Gasteiger partial charge in [-0.05, 0) is 71.8 Å². The molecule has 0 aliphatic heterocycles. The van der Waals surface area contributed by atoms with Crippen molar-refractivity contribution in [2.45, 2.75) is 0 Å². The molecule has 22 rings (SSSR count). The lowest BCUT2D eigenvalue weighted by atomic mass is 9.99. The summed E-state index contributed by atoms with van der Waals surface area (Å²) in [4.78, 5) is 40.5. The van der Waals surface area contributed by atoms with Crippen molar-refractivity contribution in [3.8, 4) is 112 Å². The van der Waals surface area contributed by atoms with E-state index in [0.717, 1.165) is 136 Å². The molecule has 14 heteroatoms. The second-order valence-electron chi connectivity index (χ2n) is 26.0. The molecule has 0 aliphatic rings. The van der Waals surface area contributed by atoms with Gasteiger partial charge in [-0.2, -0.15) is 0 Å². The van der Waals surface area contributed by atoms with Gasteiger partial charge in [0.15, 0.2) is 34.9 Å². The standard InChI is InChI=1S/2C46H26N4OS2/c1-2-11-28(12-3-1)43-48-44(50-45(49-43)35-18-9-15-32-31-13-4-6-21-38(31)52-42(32)35)34-17-10-20-37-40(34)33-16-8-14-30(41(33)51-37)27-23-25-29(26-24-27)46-47-36-19-5-7-22-39(36)53-46;1-2-10-28(11-3-1)43-48-44(30-24-25-33-32-12-4-6-18-38(32)52-40(33)26-30)50-45(49-43)35-15-9-17-37-41(35)34-14-8-13-31(42(34)51-37)27-20-22-29(23-21-27)46-47-36-16-5-7-19-39(36)53-46/h2*1-26H. The van der Waals surface area contributed by atoms with E-state index in [0.29, 0.717) is 34.9 Å². The van der Waals surface area contributed by atoms with Crippen LogP contribution in [0.1, 0.15) is 0 Å². The summed E-state index contributed by atoms with van der Waals surface area (Å²) in [6, 6.07) is 109. The van der Waals surface area contributed by atoms with Crippen molar-refractivity contribution >= 4 is 150 Å². The van der Waals surface area contributed by atoms with Gasteiger partial charge < -0.3 is 8.83 Å². The van der Waals surface area contributed by atoms with Gasteiger partial charge in [0.05, 0.1) is 20.4 Å². The van der Waals surface area contributed by atoms with Crippen LogP contribution in [0.15, 0.2) is 324 Å². The topological polar surface area (TPSA) is 129 Å². The number of rotatable bonds is 10. The van der Waals surface area contributed by atoms with Crippen molar-refractivity contribution in [1.29, 1.82) is 0 Å². The Labute approximate surface area is 621 Å². The zero-order valence-electron chi connectivity index (χ0n) is 56.0. The van der Waals surface area contributed by atoms with Crippen LogP contribution in [0.4, 0.5) is 0 Å². The number of thiazole rings is 2. The average molecular weight is 1430 g/mol. The normalized spacial score (nSPS) is 11.8. The predicted molar refractivity (Wildman–Crippen MR) is 441 cm³/mol. The van der Waals surface area contributed by atoms with Crippen LogP contribution in [0.5, 0.6) is 0 Å². The molecule has 496 valence electrons. The Balaban J connectivity index is 0.000000136. The SMILES string of the molecule is c1ccc(-c2nc(-c3ccc4c(c3)sc3ccccc34)nc(-c3cccc4oc5c(-c6ccc(-c7nc8ccccc8s7)cc6)cccc5c34)n2)cc1.c1ccc(-c2nc(-c3cccc4c3sc3ccccc34)nc(-c3cccc4oc5c(-c6ccc(-c7nc8ccccc8s7)cc6)cccc5c34)n2)cc1. The van der Waals surface area contributed by atoms with Crippen molar-refractivity contribution in [1.82, 2.24) is 39.9 Å². The third-order valence-corrected chi connectivity index (χ3v) is 24.1. The fourth-order valence-electron chi connectivity index (χ4n) is 14.6. The van der Waals surface area contributed by atoms with E-state index < -0.39 is 0 Å². The van der Waals surface area contributed by atoms with Gasteiger partial charge in [0, 0.05) is 118 Å². The van der Waals surface area contributed by atoms with Crippen molar-refractivity contribution in [3.63, 3.8) is 0 Å². The van der Waals surface area contributed by atoms with E-state index in [1.165, 1.54) is 45.0 Å². The molecule has 0 saturated heterocycles. The number of hydrogen-bond acceptors (Lipinski definition) is 14. The van der Waals surface area contributed by atoms with Crippen LogP contribution in [0.2, 0.25) is 0 Å². The Morgan fingerprint density at radius 3 is 1.10 bits per heavy atom. The Kier molecular flexibility index (Phi) is 14.8. The maximum absolute atomic E-state index is 6.70.